The van der Waals surface area contributed by atoms with Crippen LogP contribution in [-0.2, 0) is 9.59 Å². The lowest BCUT2D eigenvalue weighted by Gasteiger charge is -2.16. The molecule has 2 rings (SSSR count). The minimum absolute atomic E-state index is 0.244. The first-order valence-electron chi connectivity index (χ1n) is 5.41. The Hall–Kier alpha value is -2.50. The molecule has 2 amide bonds. The van der Waals surface area contributed by atoms with Crippen LogP contribution in [0.1, 0.15) is 24.2 Å². The Bertz CT molecular complexity index is 624. The minimum atomic E-state index is -1.53. The number of amides is 2. The molecule has 0 spiro atoms. The quantitative estimate of drug-likeness (QED) is 0.723. The molecule has 1 aliphatic heterocycles. The lowest BCUT2D eigenvalue weighted by molar-refractivity contribution is -0.255. The molecule has 0 saturated carbocycles. The van der Waals surface area contributed by atoms with Gasteiger partial charge in [0.05, 0.1) is 11.7 Å². The smallest absolute Gasteiger partial charge is 0.261 e. The van der Waals surface area contributed by atoms with E-state index in [2.05, 4.69) is 0 Å². The first-order valence-corrected chi connectivity index (χ1v) is 5.41. The summed E-state index contributed by atoms with van der Waals surface area (Å²) in [5, 5.41) is 10.6. The lowest BCUT2D eigenvalue weighted by atomic mass is 10.2. The molecule has 5 nitrogen and oxygen atoms in total. The van der Waals surface area contributed by atoms with Gasteiger partial charge in [-0.2, -0.15) is 0 Å². The number of benzene rings is 1. The van der Waals surface area contributed by atoms with E-state index in [9.17, 15) is 23.9 Å². The van der Waals surface area contributed by atoms with Crippen LogP contribution in [-0.4, -0.2) is 17.8 Å². The highest BCUT2D eigenvalue weighted by molar-refractivity contribution is 6.32. The third-order valence-electron chi connectivity index (χ3n) is 3.03. The number of aromatic carboxylic acids is 1. The standard InChI is InChI=1S/C13H10FNO4/c1-6-7(2)12(17)15(11(6)16)10-4-3-8(13(18)19)5-9(10)14/h3-5H,1-2H3,(H,18,19)/p-1. The summed E-state index contributed by atoms with van der Waals surface area (Å²) in [5.74, 6) is -3.72. The number of anilines is 1. The Balaban J connectivity index is 2.48. The summed E-state index contributed by atoms with van der Waals surface area (Å²) in [4.78, 5) is 35.0. The van der Waals surface area contributed by atoms with Gasteiger partial charge >= 0.3 is 0 Å². The highest BCUT2D eigenvalue weighted by atomic mass is 19.1. The van der Waals surface area contributed by atoms with Crippen LogP contribution in [0.2, 0.25) is 0 Å². The van der Waals surface area contributed by atoms with Crippen LogP contribution < -0.4 is 10.0 Å². The molecule has 19 heavy (non-hydrogen) atoms. The number of carbonyl (C=O) groups excluding carboxylic acids is 3. The van der Waals surface area contributed by atoms with Crippen molar-refractivity contribution in [2.24, 2.45) is 0 Å². The van der Waals surface area contributed by atoms with E-state index >= 15 is 0 Å². The Morgan fingerprint density at radius 3 is 2.11 bits per heavy atom. The molecular formula is C13H9FNO4-. The fourth-order valence-electron chi connectivity index (χ4n) is 1.78. The Kier molecular flexibility index (Phi) is 2.94. The molecule has 0 bridgehead atoms. The predicted octanol–water partition coefficient (Wildman–Crippen LogP) is 0.399. The van der Waals surface area contributed by atoms with Crippen molar-refractivity contribution in [3.05, 3.63) is 40.7 Å². The van der Waals surface area contributed by atoms with Gasteiger partial charge in [0.2, 0.25) is 0 Å². The summed E-state index contributed by atoms with van der Waals surface area (Å²) in [7, 11) is 0. The molecule has 0 radical (unpaired) electrons. The van der Waals surface area contributed by atoms with Gasteiger partial charge in [-0.1, -0.05) is 6.07 Å². The van der Waals surface area contributed by atoms with Crippen LogP contribution in [0.15, 0.2) is 29.3 Å². The SMILES string of the molecule is CC1=C(C)C(=O)N(c2ccc(C(=O)[O-])cc2F)C1=O. The van der Waals surface area contributed by atoms with Gasteiger partial charge in [-0.25, -0.2) is 9.29 Å². The van der Waals surface area contributed by atoms with E-state index in [4.69, 9.17) is 0 Å². The van der Waals surface area contributed by atoms with E-state index in [1.54, 1.807) is 0 Å². The topological polar surface area (TPSA) is 77.5 Å². The first kappa shape index (κ1) is 12.9. The fourth-order valence-corrected chi connectivity index (χ4v) is 1.78. The van der Waals surface area contributed by atoms with E-state index < -0.39 is 23.6 Å². The zero-order valence-corrected chi connectivity index (χ0v) is 10.2. The van der Waals surface area contributed by atoms with Gasteiger partial charge in [-0.15, -0.1) is 0 Å². The number of hydrogen-bond donors (Lipinski definition) is 0. The van der Waals surface area contributed by atoms with Crippen LogP contribution in [0.5, 0.6) is 0 Å². The zero-order valence-electron chi connectivity index (χ0n) is 10.2. The van der Waals surface area contributed by atoms with Crippen molar-refractivity contribution in [2.45, 2.75) is 13.8 Å². The minimum Gasteiger partial charge on any atom is -0.545 e. The number of imide groups is 1. The van der Waals surface area contributed by atoms with E-state index in [0.29, 0.717) is 11.0 Å². The van der Waals surface area contributed by atoms with Gasteiger partial charge in [-0.05, 0) is 26.0 Å². The molecule has 1 aliphatic rings. The number of nitrogens with zero attached hydrogens (tertiary/aromatic N) is 1. The second-order valence-electron chi connectivity index (χ2n) is 4.15. The summed E-state index contributed by atoms with van der Waals surface area (Å²) in [6, 6.07) is 2.87. The average molecular weight is 262 g/mol. The van der Waals surface area contributed by atoms with Crippen molar-refractivity contribution in [3.8, 4) is 0 Å². The second kappa shape index (κ2) is 4.31. The van der Waals surface area contributed by atoms with Gasteiger partial charge in [0, 0.05) is 16.7 Å². The van der Waals surface area contributed by atoms with Crippen molar-refractivity contribution in [1.82, 2.24) is 0 Å². The molecule has 1 aromatic carbocycles. The van der Waals surface area contributed by atoms with Crippen LogP contribution >= 0.6 is 0 Å². The molecule has 98 valence electrons. The third kappa shape index (κ3) is 1.91. The van der Waals surface area contributed by atoms with E-state index in [1.807, 2.05) is 0 Å². The number of carboxylic acids is 1. The normalized spacial score (nSPS) is 15.4. The summed E-state index contributed by atoms with van der Waals surface area (Å²) in [6.45, 7) is 2.95. The summed E-state index contributed by atoms with van der Waals surface area (Å²) in [6.07, 6.45) is 0. The highest BCUT2D eigenvalue weighted by Gasteiger charge is 2.35. The maximum atomic E-state index is 13.8. The monoisotopic (exact) mass is 262 g/mol. The first-order chi connectivity index (χ1) is 8.84. The number of carboxylic acid groups (broad SMARTS) is 1. The lowest BCUT2D eigenvalue weighted by Crippen LogP contribution is -2.32. The molecule has 0 saturated heterocycles. The van der Waals surface area contributed by atoms with Crippen LogP contribution in [0.4, 0.5) is 10.1 Å². The van der Waals surface area contributed by atoms with Crippen LogP contribution in [0.3, 0.4) is 0 Å². The average Bonchev–Trinajstić information content (AvgIpc) is 2.55. The van der Waals surface area contributed by atoms with Crippen LogP contribution in [0, 0.1) is 5.82 Å². The summed E-state index contributed by atoms with van der Waals surface area (Å²) < 4.78 is 13.8. The zero-order chi connectivity index (χ0) is 14.3. The van der Waals surface area contributed by atoms with E-state index in [0.717, 1.165) is 12.1 Å². The van der Waals surface area contributed by atoms with Crippen molar-refractivity contribution in [2.75, 3.05) is 4.90 Å². The molecule has 0 fully saturated rings. The van der Waals surface area contributed by atoms with Crippen LogP contribution in [0.25, 0.3) is 0 Å². The van der Waals surface area contributed by atoms with Crippen molar-refractivity contribution in [3.63, 3.8) is 0 Å². The molecule has 1 aromatic rings. The molecule has 0 aromatic heterocycles. The third-order valence-corrected chi connectivity index (χ3v) is 3.03. The Morgan fingerprint density at radius 1 is 1.16 bits per heavy atom. The maximum Gasteiger partial charge on any atom is 0.261 e. The number of carbonyl (C=O) groups is 3. The van der Waals surface area contributed by atoms with E-state index in [-0.39, 0.29) is 22.4 Å². The Labute approximate surface area is 107 Å². The van der Waals surface area contributed by atoms with Gasteiger partial charge in [0.1, 0.15) is 5.82 Å². The molecule has 0 atom stereocenters. The second-order valence-corrected chi connectivity index (χ2v) is 4.15. The highest BCUT2D eigenvalue weighted by Crippen LogP contribution is 2.29. The predicted molar refractivity (Wildman–Crippen MR) is 61.6 cm³/mol. The number of rotatable bonds is 2. The fraction of sp³-hybridized carbons (Fsp3) is 0.154. The maximum absolute atomic E-state index is 13.8. The molecule has 1 heterocycles. The van der Waals surface area contributed by atoms with Gasteiger partial charge in [0.15, 0.2) is 0 Å². The van der Waals surface area contributed by atoms with Crippen molar-refractivity contribution < 1.29 is 23.9 Å². The number of hydrogen-bond acceptors (Lipinski definition) is 4. The Morgan fingerprint density at radius 2 is 1.68 bits per heavy atom. The van der Waals surface area contributed by atoms with E-state index in [1.165, 1.54) is 13.8 Å². The van der Waals surface area contributed by atoms with Crippen molar-refractivity contribution >= 4 is 23.5 Å². The molecule has 0 N–H and O–H groups in total. The van der Waals surface area contributed by atoms with Crippen molar-refractivity contribution in [1.29, 1.82) is 0 Å². The largest absolute Gasteiger partial charge is 0.545 e. The summed E-state index contributed by atoms with van der Waals surface area (Å²) >= 11 is 0. The molecule has 0 aliphatic carbocycles. The molecule has 0 unspecified atom stereocenters. The molecule has 6 heteroatoms. The van der Waals surface area contributed by atoms with Gasteiger partial charge in [-0.3, -0.25) is 9.59 Å². The summed E-state index contributed by atoms with van der Waals surface area (Å²) in [5.41, 5.74) is -0.139. The van der Waals surface area contributed by atoms with Gasteiger partial charge in [0.25, 0.3) is 11.8 Å². The number of halogens is 1. The molecular weight excluding hydrogens is 253 g/mol. The van der Waals surface area contributed by atoms with Gasteiger partial charge < -0.3 is 9.90 Å².